The van der Waals surface area contributed by atoms with Crippen LogP contribution in [-0.4, -0.2) is 25.1 Å². The van der Waals surface area contributed by atoms with Crippen molar-refractivity contribution >= 4 is 17.3 Å². The number of aliphatic imine (C=N–C) groups is 1. The van der Waals surface area contributed by atoms with Gasteiger partial charge in [-0.3, -0.25) is 4.99 Å². The Morgan fingerprint density at radius 1 is 1.25 bits per heavy atom. The predicted molar refractivity (Wildman–Crippen MR) is 100 cm³/mol. The van der Waals surface area contributed by atoms with Crippen molar-refractivity contribution < 1.29 is 4.74 Å². The molecule has 0 amide bonds. The monoisotopic (exact) mass is 346 g/mol. The molecule has 0 aliphatic rings. The molecule has 130 valence electrons. The first kappa shape index (κ1) is 18.4. The van der Waals surface area contributed by atoms with Gasteiger partial charge >= 0.3 is 0 Å². The lowest BCUT2D eigenvalue weighted by Gasteiger charge is -2.11. The third-order valence-electron chi connectivity index (χ3n) is 3.55. The molecule has 0 radical (unpaired) electrons. The van der Waals surface area contributed by atoms with Crippen LogP contribution in [0.1, 0.15) is 41.6 Å². The van der Waals surface area contributed by atoms with E-state index < -0.39 is 0 Å². The predicted octanol–water partition coefficient (Wildman–Crippen LogP) is 3.28. The molecule has 2 rings (SSSR count). The molecule has 0 aliphatic carbocycles. The van der Waals surface area contributed by atoms with E-state index in [0.717, 1.165) is 16.7 Å². The molecule has 0 atom stereocenters. The summed E-state index contributed by atoms with van der Waals surface area (Å²) in [6.07, 6.45) is 0. The number of ether oxygens (including phenoxy) is 1. The van der Waals surface area contributed by atoms with E-state index in [0.29, 0.717) is 25.6 Å². The van der Waals surface area contributed by atoms with E-state index in [4.69, 9.17) is 4.74 Å². The average Bonchev–Trinajstić information content (AvgIpc) is 3.05. The van der Waals surface area contributed by atoms with Gasteiger partial charge in [-0.1, -0.05) is 38.1 Å². The maximum absolute atomic E-state index is 5.17. The van der Waals surface area contributed by atoms with Gasteiger partial charge in [-0.15, -0.1) is 11.3 Å². The summed E-state index contributed by atoms with van der Waals surface area (Å²) in [5, 5.41) is 9.84. The number of aromatic nitrogens is 1. The number of hydrogen-bond donors (Lipinski definition) is 2. The molecule has 0 saturated heterocycles. The summed E-state index contributed by atoms with van der Waals surface area (Å²) < 4.78 is 5.17. The van der Waals surface area contributed by atoms with E-state index in [2.05, 4.69) is 58.0 Å². The number of thiazole rings is 1. The third-order valence-corrected chi connectivity index (χ3v) is 4.42. The van der Waals surface area contributed by atoms with Gasteiger partial charge in [0.25, 0.3) is 0 Å². The van der Waals surface area contributed by atoms with E-state index in [1.807, 2.05) is 6.07 Å². The number of nitrogens with one attached hydrogen (secondary N) is 2. The minimum absolute atomic E-state index is 0.465. The van der Waals surface area contributed by atoms with Crippen LogP contribution >= 0.6 is 11.3 Å². The zero-order valence-corrected chi connectivity index (χ0v) is 15.6. The van der Waals surface area contributed by atoms with E-state index in [1.54, 1.807) is 25.5 Å². The van der Waals surface area contributed by atoms with Crippen LogP contribution in [0.25, 0.3) is 0 Å². The number of methoxy groups -OCH3 is 1. The first-order valence-corrected chi connectivity index (χ1v) is 8.96. The van der Waals surface area contributed by atoms with Gasteiger partial charge in [-0.05, 0) is 17.0 Å². The topological polar surface area (TPSA) is 58.5 Å². The lowest BCUT2D eigenvalue weighted by Crippen LogP contribution is -2.36. The van der Waals surface area contributed by atoms with Gasteiger partial charge in [0.15, 0.2) is 5.96 Å². The summed E-state index contributed by atoms with van der Waals surface area (Å²) in [4.78, 5) is 8.89. The highest BCUT2D eigenvalue weighted by Gasteiger charge is 2.06. The maximum Gasteiger partial charge on any atom is 0.191 e. The normalized spacial score (nSPS) is 11.8. The lowest BCUT2D eigenvalue weighted by molar-refractivity contribution is 0.185. The van der Waals surface area contributed by atoms with Crippen molar-refractivity contribution in [3.05, 3.63) is 51.5 Å². The van der Waals surface area contributed by atoms with Crippen molar-refractivity contribution in [2.75, 3.05) is 14.2 Å². The highest BCUT2D eigenvalue weighted by atomic mass is 32.1. The number of rotatable bonds is 7. The highest BCUT2D eigenvalue weighted by molar-refractivity contribution is 7.09. The molecule has 2 aromatic rings. The Labute approximate surface area is 148 Å². The SMILES string of the molecule is CN=C(NCc1cccc(COC)c1)NCc1nc(C(C)C)cs1. The Balaban J connectivity index is 1.84. The Kier molecular flexibility index (Phi) is 7.21. The summed E-state index contributed by atoms with van der Waals surface area (Å²) in [5.74, 6) is 1.24. The second-order valence-electron chi connectivity index (χ2n) is 5.85. The average molecular weight is 347 g/mol. The van der Waals surface area contributed by atoms with E-state index in [9.17, 15) is 0 Å². The van der Waals surface area contributed by atoms with Crippen molar-refractivity contribution in [3.63, 3.8) is 0 Å². The fourth-order valence-corrected chi connectivity index (χ4v) is 3.13. The summed E-state index contributed by atoms with van der Waals surface area (Å²) in [5.41, 5.74) is 3.52. The second-order valence-corrected chi connectivity index (χ2v) is 6.80. The largest absolute Gasteiger partial charge is 0.380 e. The minimum Gasteiger partial charge on any atom is -0.380 e. The van der Waals surface area contributed by atoms with Crippen LogP contribution in [0.2, 0.25) is 0 Å². The van der Waals surface area contributed by atoms with Crippen LogP contribution in [0, 0.1) is 0 Å². The van der Waals surface area contributed by atoms with Gasteiger partial charge in [0, 0.05) is 26.1 Å². The Morgan fingerprint density at radius 2 is 2.00 bits per heavy atom. The Hall–Kier alpha value is -1.92. The van der Waals surface area contributed by atoms with Crippen molar-refractivity contribution in [2.45, 2.75) is 39.5 Å². The van der Waals surface area contributed by atoms with Crippen LogP contribution in [-0.2, 0) is 24.4 Å². The van der Waals surface area contributed by atoms with Gasteiger partial charge in [0.05, 0.1) is 18.8 Å². The smallest absolute Gasteiger partial charge is 0.191 e. The molecular weight excluding hydrogens is 320 g/mol. The Bertz CT molecular complexity index is 667. The first-order valence-electron chi connectivity index (χ1n) is 8.08. The first-order chi connectivity index (χ1) is 11.6. The third kappa shape index (κ3) is 5.62. The number of hydrogen-bond acceptors (Lipinski definition) is 4. The van der Waals surface area contributed by atoms with Gasteiger partial charge in [-0.2, -0.15) is 0 Å². The standard InChI is InChI=1S/C18H26N4OS/c1-13(2)16-12-24-17(22-16)10-21-18(19-3)20-9-14-6-5-7-15(8-14)11-23-4/h5-8,12-13H,9-11H2,1-4H3,(H2,19,20,21). The van der Waals surface area contributed by atoms with Gasteiger partial charge in [0.2, 0.25) is 0 Å². The zero-order valence-electron chi connectivity index (χ0n) is 14.8. The van der Waals surface area contributed by atoms with E-state index >= 15 is 0 Å². The van der Waals surface area contributed by atoms with E-state index in [1.165, 1.54) is 11.1 Å². The summed E-state index contributed by atoms with van der Waals surface area (Å²) in [6.45, 7) is 6.34. The molecular formula is C18H26N4OS. The van der Waals surface area contributed by atoms with E-state index in [-0.39, 0.29) is 0 Å². The van der Waals surface area contributed by atoms with Crippen LogP contribution in [0.3, 0.4) is 0 Å². The highest BCUT2D eigenvalue weighted by Crippen LogP contribution is 2.17. The van der Waals surface area contributed by atoms with Crippen LogP contribution < -0.4 is 10.6 Å². The van der Waals surface area contributed by atoms with Crippen LogP contribution in [0.4, 0.5) is 0 Å². The van der Waals surface area contributed by atoms with Crippen molar-refractivity contribution in [1.29, 1.82) is 0 Å². The molecule has 1 aromatic carbocycles. The van der Waals surface area contributed by atoms with Crippen LogP contribution in [0.15, 0.2) is 34.6 Å². The molecule has 1 aromatic heterocycles. The quantitative estimate of drug-likeness (QED) is 0.597. The fourth-order valence-electron chi connectivity index (χ4n) is 2.23. The summed E-state index contributed by atoms with van der Waals surface area (Å²) >= 11 is 1.68. The van der Waals surface area contributed by atoms with Crippen LogP contribution in [0.5, 0.6) is 0 Å². The minimum atomic E-state index is 0.465. The molecule has 0 bridgehead atoms. The number of benzene rings is 1. The molecule has 6 heteroatoms. The molecule has 24 heavy (non-hydrogen) atoms. The molecule has 0 unspecified atom stereocenters. The lowest BCUT2D eigenvalue weighted by atomic mass is 10.1. The molecule has 0 saturated carbocycles. The van der Waals surface area contributed by atoms with Gasteiger partial charge < -0.3 is 15.4 Å². The molecule has 1 heterocycles. The number of guanidine groups is 1. The molecule has 2 N–H and O–H groups in total. The zero-order chi connectivity index (χ0) is 17.4. The maximum atomic E-state index is 5.17. The second kappa shape index (κ2) is 9.39. The molecule has 5 nitrogen and oxygen atoms in total. The van der Waals surface area contributed by atoms with Gasteiger partial charge in [0.1, 0.15) is 5.01 Å². The summed E-state index contributed by atoms with van der Waals surface area (Å²) in [6, 6.07) is 8.34. The molecule has 0 fully saturated rings. The summed E-state index contributed by atoms with van der Waals surface area (Å²) in [7, 11) is 3.48. The van der Waals surface area contributed by atoms with Gasteiger partial charge in [-0.25, -0.2) is 4.98 Å². The molecule has 0 spiro atoms. The Morgan fingerprint density at radius 3 is 2.67 bits per heavy atom. The molecule has 0 aliphatic heterocycles. The van der Waals surface area contributed by atoms with Crippen molar-refractivity contribution in [3.8, 4) is 0 Å². The van der Waals surface area contributed by atoms with Crippen molar-refractivity contribution in [1.82, 2.24) is 15.6 Å². The number of nitrogens with zero attached hydrogens (tertiary/aromatic N) is 2. The van der Waals surface area contributed by atoms with Crippen molar-refractivity contribution in [2.24, 2.45) is 4.99 Å². The fraction of sp³-hybridized carbons (Fsp3) is 0.444.